The molecule has 7 heteroatoms. The van der Waals surface area contributed by atoms with E-state index in [2.05, 4.69) is 21.3 Å². The van der Waals surface area contributed by atoms with E-state index in [1.807, 2.05) is 6.07 Å². The Kier molecular flexibility index (Phi) is 5.42. The first kappa shape index (κ1) is 17.5. The molecule has 1 aliphatic heterocycles. The van der Waals surface area contributed by atoms with Crippen LogP contribution >= 0.6 is 23.2 Å². The Balaban J connectivity index is 1.68. The van der Waals surface area contributed by atoms with Gasteiger partial charge in [0, 0.05) is 25.0 Å². The normalized spacial score (nSPS) is 17.0. The number of rotatable bonds is 3. The zero-order chi connectivity index (χ0) is 17.8. The third kappa shape index (κ3) is 4.22. The van der Waals surface area contributed by atoms with E-state index in [-0.39, 0.29) is 11.8 Å². The quantitative estimate of drug-likeness (QED) is 0.877. The first-order valence-corrected chi connectivity index (χ1v) is 8.69. The van der Waals surface area contributed by atoms with Crippen LogP contribution in [0.1, 0.15) is 18.4 Å². The van der Waals surface area contributed by atoms with Gasteiger partial charge in [0.1, 0.15) is 11.9 Å². The van der Waals surface area contributed by atoms with Crippen LogP contribution in [0, 0.1) is 17.2 Å². The van der Waals surface area contributed by atoms with Crippen LogP contribution in [-0.2, 0) is 4.79 Å². The fourth-order valence-electron chi connectivity index (χ4n) is 2.90. The first-order chi connectivity index (χ1) is 12.1. The molecule has 3 rings (SSSR count). The van der Waals surface area contributed by atoms with Crippen LogP contribution in [0.4, 0.5) is 11.5 Å². The lowest BCUT2D eigenvalue weighted by atomic mass is 9.96. The highest BCUT2D eigenvalue weighted by Gasteiger charge is 2.26. The SMILES string of the molecule is N#Cc1ccc(N2CCCC(C(=O)Nc3ccc(Cl)cn3)C2)cc1Cl. The number of aromatic nitrogens is 1. The van der Waals surface area contributed by atoms with Crippen molar-refractivity contribution in [2.45, 2.75) is 12.8 Å². The second kappa shape index (κ2) is 7.73. The summed E-state index contributed by atoms with van der Waals surface area (Å²) in [6, 6.07) is 10.8. The zero-order valence-corrected chi connectivity index (χ0v) is 14.9. The number of hydrogen-bond donors (Lipinski definition) is 1. The standard InChI is InChI=1S/C18H16Cl2N4O/c19-14-4-6-17(22-10-14)23-18(25)13-2-1-7-24(11-13)15-5-3-12(9-21)16(20)8-15/h3-6,8,10,13H,1-2,7,11H2,(H,22,23,25). The van der Waals surface area contributed by atoms with Gasteiger partial charge in [-0.15, -0.1) is 0 Å². The van der Waals surface area contributed by atoms with Crippen LogP contribution in [0.25, 0.3) is 0 Å². The number of anilines is 2. The van der Waals surface area contributed by atoms with Gasteiger partial charge in [-0.1, -0.05) is 23.2 Å². The highest BCUT2D eigenvalue weighted by molar-refractivity contribution is 6.32. The van der Waals surface area contributed by atoms with Gasteiger partial charge in [0.2, 0.25) is 5.91 Å². The molecule has 0 spiro atoms. The molecule has 1 aromatic carbocycles. The maximum atomic E-state index is 12.5. The van der Waals surface area contributed by atoms with Crippen LogP contribution in [-0.4, -0.2) is 24.0 Å². The number of nitrogens with one attached hydrogen (secondary N) is 1. The van der Waals surface area contributed by atoms with Crippen molar-refractivity contribution in [3.63, 3.8) is 0 Å². The molecule has 0 radical (unpaired) electrons. The van der Waals surface area contributed by atoms with Gasteiger partial charge in [-0.05, 0) is 43.2 Å². The molecule has 1 atom stereocenters. The number of carbonyl (C=O) groups is 1. The molecule has 1 unspecified atom stereocenters. The largest absolute Gasteiger partial charge is 0.371 e. The van der Waals surface area contributed by atoms with Crippen molar-refractivity contribution in [1.82, 2.24) is 4.98 Å². The van der Waals surface area contributed by atoms with Crippen LogP contribution in [0.15, 0.2) is 36.5 Å². The lowest BCUT2D eigenvalue weighted by Crippen LogP contribution is -2.40. The van der Waals surface area contributed by atoms with Crippen molar-refractivity contribution < 1.29 is 4.79 Å². The van der Waals surface area contributed by atoms with Gasteiger partial charge >= 0.3 is 0 Å². The van der Waals surface area contributed by atoms with Gasteiger partial charge in [-0.25, -0.2) is 4.98 Å². The van der Waals surface area contributed by atoms with E-state index in [1.165, 1.54) is 6.20 Å². The molecule has 1 aromatic heterocycles. The van der Waals surface area contributed by atoms with Crippen LogP contribution in [0.3, 0.4) is 0 Å². The summed E-state index contributed by atoms with van der Waals surface area (Å²) < 4.78 is 0. The van der Waals surface area contributed by atoms with E-state index in [9.17, 15) is 4.79 Å². The van der Waals surface area contributed by atoms with E-state index in [1.54, 1.807) is 24.3 Å². The predicted octanol–water partition coefficient (Wildman–Crippen LogP) is 4.12. The lowest BCUT2D eigenvalue weighted by Gasteiger charge is -2.33. The molecular formula is C18H16Cl2N4O. The van der Waals surface area contributed by atoms with Crippen LogP contribution in [0.2, 0.25) is 10.0 Å². The maximum Gasteiger partial charge on any atom is 0.230 e. The third-order valence-electron chi connectivity index (χ3n) is 4.21. The molecular weight excluding hydrogens is 359 g/mol. The smallest absolute Gasteiger partial charge is 0.230 e. The molecule has 2 aromatic rings. The van der Waals surface area contributed by atoms with Crippen molar-refractivity contribution in [3.8, 4) is 6.07 Å². The molecule has 2 heterocycles. The fraction of sp³-hybridized carbons (Fsp3) is 0.278. The van der Waals surface area contributed by atoms with Crippen molar-refractivity contribution in [2.75, 3.05) is 23.3 Å². The van der Waals surface area contributed by atoms with Crippen LogP contribution < -0.4 is 10.2 Å². The average Bonchev–Trinajstić information content (AvgIpc) is 2.63. The molecule has 0 saturated carbocycles. The molecule has 1 N–H and O–H groups in total. The van der Waals surface area contributed by atoms with Gasteiger partial charge in [0.05, 0.1) is 21.5 Å². The second-order valence-electron chi connectivity index (χ2n) is 5.91. The number of piperidine rings is 1. The van der Waals surface area contributed by atoms with Gasteiger partial charge in [-0.3, -0.25) is 4.79 Å². The Morgan fingerprint density at radius 1 is 1.32 bits per heavy atom. The number of amides is 1. The number of nitrogens with zero attached hydrogens (tertiary/aromatic N) is 3. The van der Waals surface area contributed by atoms with Crippen molar-refractivity contribution in [1.29, 1.82) is 5.26 Å². The number of pyridine rings is 1. The number of hydrogen-bond acceptors (Lipinski definition) is 4. The molecule has 0 bridgehead atoms. The van der Waals surface area contributed by atoms with E-state index < -0.39 is 0 Å². The first-order valence-electron chi connectivity index (χ1n) is 7.94. The van der Waals surface area contributed by atoms with E-state index >= 15 is 0 Å². The molecule has 1 amide bonds. The van der Waals surface area contributed by atoms with E-state index in [0.717, 1.165) is 25.1 Å². The second-order valence-corrected chi connectivity index (χ2v) is 6.76. The third-order valence-corrected chi connectivity index (χ3v) is 4.75. The number of halogens is 2. The molecule has 0 aliphatic carbocycles. The molecule has 1 fully saturated rings. The predicted molar refractivity (Wildman–Crippen MR) is 99.0 cm³/mol. The Morgan fingerprint density at radius 2 is 2.16 bits per heavy atom. The highest BCUT2D eigenvalue weighted by Crippen LogP contribution is 2.28. The molecule has 25 heavy (non-hydrogen) atoms. The van der Waals surface area contributed by atoms with Crippen molar-refractivity contribution in [3.05, 3.63) is 52.1 Å². The van der Waals surface area contributed by atoms with Crippen molar-refractivity contribution >= 4 is 40.6 Å². The monoisotopic (exact) mass is 374 g/mol. The maximum absolute atomic E-state index is 12.5. The molecule has 1 saturated heterocycles. The summed E-state index contributed by atoms with van der Waals surface area (Å²) >= 11 is 11.9. The number of nitriles is 1. The van der Waals surface area contributed by atoms with Gasteiger partial charge in [0.25, 0.3) is 0 Å². The zero-order valence-electron chi connectivity index (χ0n) is 13.4. The van der Waals surface area contributed by atoms with Crippen molar-refractivity contribution in [2.24, 2.45) is 5.92 Å². The summed E-state index contributed by atoms with van der Waals surface area (Å²) in [4.78, 5) is 18.7. The Morgan fingerprint density at radius 3 is 2.84 bits per heavy atom. The minimum atomic E-state index is -0.138. The Hall–Kier alpha value is -2.29. The summed E-state index contributed by atoms with van der Waals surface area (Å²) in [5.74, 6) is 0.299. The Labute approximate surface area is 156 Å². The summed E-state index contributed by atoms with van der Waals surface area (Å²) in [7, 11) is 0. The summed E-state index contributed by atoms with van der Waals surface area (Å²) in [6.45, 7) is 1.45. The van der Waals surface area contributed by atoms with E-state index in [4.69, 9.17) is 28.5 Å². The topological polar surface area (TPSA) is 69.0 Å². The lowest BCUT2D eigenvalue weighted by molar-refractivity contribution is -0.120. The van der Waals surface area contributed by atoms with Gasteiger partial charge in [0.15, 0.2) is 0 Å². The van der Waals surface area contributed by atoms with Crippen LogP contribution in [0.5, 0.6) is 0 Å². The molecule has 5 nitrogen and oxygen atoms in total. The van der Waals surface area contributed by atoms with Gasteiger partial charge < -0.3 is 10.2 Å². The van der Waals surface area contributed by atoms with Gasteiger partial charge in [-0.2, -0.15) is 5.26 Å². The minimum absolute atomic E-state index is 0.0562. The highest BCUT2D eigenvalue weighted by atomic mass is 35.5. The Bertz CT molecular complexity index is 817. The molecule has 1 aliphatic rings. The summed E-state index contributed by atoms with van der Waals surface area (Å²) in [6.07, 6.45) is 3.23. The van der Waals surface area contributed by atoms with E-state index in [0.29, 0.717) is 28.0 Å². The molecule has 128 valence electrons. The number of carbonyl (C=O) groups excluding carboxylic acids is 1. The number of benzene rings is 1. The average molecular weight is 375 g/mol. The summed E-state index contributed by atoms with van der Waals surface area (Å²) in [5.41, 5.74) is 1.37. The minimum Gasteiger partial charge on any atom is -0.371 e. The fourth-order valence-corrected chi connectivity index (χ4v) is 3.22. The summed E-state index contributed by atoms with van der Waals surface area (Å²) in [5, 5.41) is 12.8.